The van der Waals surface area contributed by atoms with Gasteiger partial charge in [-0.3, -0.25) is 4.79 Å². The Morgan fingerprint density at radius 2 is 1.75 bits per heavy atom. The molecule has 0 aliphatic heterocycles. The highest BCUT2D eigenvalue weighted by atomic mass is 16.1. The number of benzene rings is 1. The first-order valence-corrected chi connectivity index (χ1v) is 4.96. The molecule has 4 heteroatoms. The molecule has 4 nitrogen and oxygen atoms in total. The predicted octanol–water partition coefficient (Wildman–Crippen LogP) is 1.72. The molecule has 1 aromatic carbocycles. The van der Waals surface area contributed by atoms with Gasteiger partial charge in [0.2, 0.25) is 5.78 Å². The van der Waals surface area contributed by atoms with Crippen molar-refractivity contribution in [3.63, 3.8) is 0 Å². The SMILES string of the molecule is Cc1nnc(C(=O)c2ccccc2)c(C)n1. The fraction of sp³-hybridized carbons (Fsp3) is 0.167. The molecule has 0 fully saturated rings. The van der Waals surface area contributed by atoms with Gasteiger partial charge in [0.15, 0.2) is 5.69 Å². The zero-order valence-electron chi connectivity index (χ0n) is 9.14. The molecule has 0 N–H and O–H groups in total. The number of carbonyl (C=O) groups excluding carboxylic acids is 1. The van der Waals surface area contributed by atoms with Gasteiger partial charge in [-0.05, 0) is 13.8 Å². The molecule has 0 spiro atoms. The molecule has 2 rings (SSSR count). The van der Waals surface area contributed by atoms with Crippen molar-refractivity contribution < 1.29 is 4.79 Å². The van der Waals surface area contributed by atoms with Crippen molar-refractivity contribution in [1.82, 2.24) is 15.2 Å². The second-order valence-corrected chi connectivity index (χ2v) is 3.49. The lowest BCUT2D eigenvalue weighted by atomic mass is 10.1. The molecule has 0 saturated heterocycles. The maximum absolute atomic E-state index is 12.0. The van der Waals surface area contributed by atoms with Crippen LogP contribution in [-0.2, 0) is 0 Å². The van der Waals surface area contributed by atoms with Gasteiger partial charge in [-0.1, -0.05) is 30.3 Å². The quantitative estimate of drug-likeness (QED) is 0.713. The smallest absolute Gasteiger partial charge is 0.215 e. The highest BCUT2D eigenvalue weighted by Crippen LogP contribution is 2.09. The number of aryl methyl sites for hydroxylation is 2. The molecule has 0 atom stereocenters. The van der Waals surface area contributed by atoms with Crippen molar-refractivity contribution in [2.45, 2.75) is 13.8 Å². The van der Waals surface area contributed by atoms with E-state index in [1.807, 2.05) is 18.2 Å². The Kier molecular flexibility index (Phi) is 2.72. The highest BCUT2D eigenvalue weighted by Gasteiger charge is 2.14. The topological polar surface area (TPSA) is 55.7 Å². The zero-order valence-corrected chi connectivity index (χ0v) is 9.14. The van der Waals surface area contributed by atoms with Crippen LogP contribution in [0, 0.1) is 13.8 Å². The van der Waals surface area contributed by atoms with E-state index in [0.29, 0.717) is 22.8 Å². The Labute approximate surface area is 93.4 Å². The van der Waals surface area contributed by atoms with Crippen LogP contribution in [0.2, 0.25) is 0 Å². The van der Waals surface area contributed by atoms with Crippen LogP contribution in [0.1, 0.15) is 27.6 Å². The largest absolute Gasteiger partial charge is 0.287 e. The van der Waals surface area contributed by atoms with E-state index in [4.69, 9.17) is 0 Å². The number of hydrogen-bond acceptors (Lipinski definition) is 4. The van der Waals surface area contributed by atoms with Gasteiger partial charge in [0, 0.05) is 5.56 Å². The lowest BCUT2D eigenvalue weighted by molar-refractivity contribution is 0.103. The Hall–Kier alpha value is -2.10. The van der Waals surface area contributed by atoms with Gasteiger partial charge in [-0.2, -0.15) is 0 Å². The summed E-state index contributed by atoms with van der Waals surface area (Å²) in [6, 6.07) is 9.00. The maximum Gasteiger partial charge on any atom is 0.215 e. The molecule has 2 aromatic rings. The normalized spacial score (nSPS) is 10.1. The molecule has 0 aliphatic rings. The summed E-state index contributed by atoms with van der Waals surface area (Å²) in [6.07, 6.45) is 0. The number of nitrogens with zero attached hydrogens (tertiary/aromatic N) is 3. The number of carbonyl (C=O) groups is 1. The average molecular weight is 213 g/mol. The molecule has 0 unspecified atom stereocenters. The highest BCUT2D eigenvalue weighted by molar-refractivity contribution is 6.08. The van der Waals surface area contributed by atoms with E-state index in [-0.39, 0.29) is 5.78 Å². The van der Waals surface area contributed by atoms with Crippen molar-refractivity contribution in [2.24, 2.45) is 0 Å². The minimum absolute atomic E-state index is 0.141. The van der Waals surface area contributed by atoms with E-state index in [1.54, 1.807) is 26.0 Å². The zero-order chi connectivity index (χ0) is 11.5. The molecule has 0 radical (unpaired) electrons. The number of hydrogen-bond donors (Lipinski definition) is 0. The average Bonchev–Trinajstić information content (AvgIpc) is 2.29. The third-order valence-electron chi connectivity index (χ3n) is 2.22. The van der Waals surface area contributed by atoms with E-state index in [9.17, 15) is 4.79 Å². The summed E-state index contributed by atoms with van der Waals surface area (Å²) in [7, 11) is 0. The van der Waals surface area contributed by atoms with E-state index < -0.39 is 0 Å². The first-order chi connectivity index (χ1) is 7.68. The van der Waals surface area contributed by atoms with E-state index in [0.717, 1.165) is 0 Å². The van der Waals surface area contributed by atoms with Crippen LogP contribution in [0.25, 0.3) is 0 Å². The minimum atomic E-state index is -0.141. The standard InChI is InChI=1S/C12H11N3O/c1-8-11(15-14-9(2)13-8)12(16)10-6-4-3-5-7-10/h3-7H,1-2H3. The number of ketones is 1. The molecule has 0 amide bonds. The first kappa shape index (κ1) is 10.4. The third kappa shape index (κ3) is 1.95. The predicted molar refractivity (Wildman–Crippen MR) is 59.2 cm³/mol. The summed E-state index contributed by atoms with van der Waals surface area (Å²) < 4.78 is 0. The second-order valence-electron chi connectivity index (χ2n) is 3.49. The fourth-order valence-electron chi connectivity index (χ4n) is 1.45. The first-order valence-electron chi connectivity index (χ1n) is 4.96. The van der Waals surface area contributed by atoms with E-state index in [1.165, 1.54) is 0 Å². The minimum Gasteiger partial charge on any atom is -0.287 e. The van der Waals surface area contributed by atoms with Crippen LogP contribution in [0.5, 0.6) is 0 Å². The van der Waals surface area contributed by atoms with Crippen LogP contribution in [-0.4, -0.2) is 21.0 Å². The summed E-state index contributed by atoms with van der Waals surface area (Å²) in [5.74, 6) is 0.431. The van der Waals surface area contributed by atoms with Gasteiger partial charge < -0.3 is 0 Å². The summed E-state index contributed by atoms with van der Waals surface area (Å²) in [5, 5.41) is 7.70. The van der Waals surface area contributed by atoms with Gasteiger partial charge in [0.25, 0.3) is 0 Å². The summed E-state index contributed by atoms with van der Waals surface area (Å²) in [5.41, 5.74) is 1.53. The number of aromatic nitrogens is 3. The van der Waals surface area contributed by atoms with E-state index in [2.05, 4.69) is 15.2 Å². The van der Waals surface area contributed by atoms with Gasteiger partial charge in [-0.25, -0.2) is 4.98 Å². The summed E-state index contributed by atoms with van der Waals surface area (Å²) in [6.45, 7) is 3.51. The molecule has 80 valence electrons. The van der Waals surface area contributed by atoms with Crippen molar-refractivity contribution >= 4 is 5.78 Å². The van der Waals surface area contributed by atoms with Gasteiger partial charge >= 0.3 is 0 Å². The lowest BCUT2D eigenvalue weighted by Crippen LogP contribution is -2.10. The third-order valence-corrected chi connectivity index (χ3v) is 2.22. The molecule has 1 aromatic heterocycles. The molecular weight excluding hydrogens is 202 g/mol. The molecule has 16 heavy (non-hydrogen) atoms. The van der Waals surface area contributed by atoms with Crippen molar-refractivity contribution in [3.8, 4) is 0 Å². The van der Waals surface area contributed by atoms with Gasteiger partial charge in [-0.15, -0.1) is 10.2 Å². The van der Waals surface area contributed by atoms with Crippen LogP contribution in [0.3, 0.4) is 0 Å². The van der Waals surface area contributed by atoms with Gasteiger partial charge in [0.1, 0.15) is 5.82 Å². The molecule has 0 aliphatic carbocycles. The van der Waals surface area contributed by atoms with E-state index >= 15 is 0 Å². The summed E-state index contributed by atoms with van der Waals surface area (Å²) in [4.78, 5) is 16.2. The van der Waals surface area contributed by atoms with Crippen LogP contribution >= 0.6 is 0 Å². The second kappa shape index (κ2) is 4.18. The monoisotopic (exact) mass is 213 g/mol. The van der Waals surface area contributed by atoms with Crippen molar-refractivity contribution in [1.29, 1.82) is 0 Å². The van der Waals surface area contributed by atoms with Crippen molar-refractivity contribution in [3.05, 3.63) is 53.1 Å². The van der Waals surface area contributed by atoms with Gasteiger partial charge in [0.05, 0.1) is 5.69 Å². The van der Waals surface area contributed by atoms with Crippen LogP contribution < -0.4 is 0 Å². The molecule has 0 bridgehead atoms. The Balaban J connectivity index is 2.42. The molecular formula is C12H11N3O. The molecule has 1 heterocycles. The molecule has 0 saturated carbocycles. The maximum atomic E-state index is 12.0. The summed E-state index contributed by atoms with van der Waals surface area (Å²) >= 11 is 0. The number of rotatable bonds is 2. The van der Waals surface area contributed by atoms with Crippen LogP contribution in [0.15, 0.2) is 30.3 Å². The Morgan fingerprint density at radius 1 is 1.06 bits per heavy atom. The van der Waals surface area contributed by atoms with Crippen LogP contribution in [0.4, 0.5) is 0 Å². The van der Waals surface area contributed by atoms with Crippen molar-refractivity contribution in [2.75, 3.05) is 0 Å². The lowest BCUT2D eigenvalue weighted by Gasteiger charge is -2.02. The fourth-order valence-corrected chi connectivity index (χ4v) is 1.45. The Morgan fingerprint density at radius 3 is 2.38 bits per heavy atom. The Bertz CT molecular complexity index is 523.